The number of likely N-dealkylation sites (tertiary alicyclic amines) is 1. The van der Waals surface area contributed by atoms with Crippen LogP contribution >= 0.6 is 15.9 Å². The third-order valence-corrected chi connectivity index (χ3v) is 4.61. The van der Waals surface area contributed by atoms with Gasteiger partial charge >= 0.3 is 5.97 Å². The van der Waals surface area contributed by atoms with Gasteiger partial charge in [0.25, 0.3) is 0 Å². The topological polar surface area (TPSA) is 40.5 Å². The predicted molar refractivity (Wildman–Crippen MR) is 79.3 cm³/mol. The molecule has 4 heteroatoms. The van der Waals surface area contributed by atoms with E-state index in [0.717, 1.165) is 16.6 Å². The Balaban J connectivity index is 2.33. The molecule has 1 aromatic carbocycles. The van der Waals surface area contributed by atoms with E-state index in [9.17, 15) is 9.90 Å². The summed E-state index contributed by atoms with van der Waals surface area (Å²) in [6.07, 6.45) is 0. The fraction of sp³-hybridized carbons (Fsp3) is 0.533. The van der Waals surface area contributed by atoms with E-state index in [1.165, 1.54) is 0 Å². The molecule has 104 valence electrons. The van der Waals surface area contributed by atoms with Crippen molar-refractivity contribution in [2.24, 2.45) is 5.92 Å². The van der Waals surface area contributed by atoms with Crippen LogP contribution in [0.25, 0.3) is 0 Å². The molecule has 0 spiro atoms. The molecule has 1 saturated heterocycles. The van der Waals surface area contributed by atoms with E-state index < -0.39 is 5.97 Å². The molecule has 1 aromatic rings. The minimum absolute atomic E-state index is 0.00368. The molecule has 0 aliphatic carbocycles. The molecule has 0 aromatic heterocycles. The van der Waals surface area contributed by atoms with Crippen molar-refractivity contribution in [1.82, 2.24) is 4.90 Å². The van der Waals surface area contributed by atoms with E-state index in [1.54, 1.807) is 0 Å². The van der Waals surface area contributed by atoms with Crippen LogP contribution in [-0.2, 0) is 4.79 Å². The maximum Gasteiger partial charge on any atom is 0.308 e. The van der Waals surface area contributed by atoms with E-state index in [2.05, 4.69) is 41.6 Å². The molecule has 3 nitrogen and oxygen atoms in total. The van der Waals surface area contributed by atoms with Crippen LogP contribution in [0.2, 0.25) is 0 Å². The van der Waals surface area contributed by atoms with E-state index in [0.29, 0.717) is 6.54 Å². The van der Waals surface area contributed by atoms with Crippen LogP contribution in [0.5, 0.6) is 0 Å². The Hall–Kier alpha value is -0.870. The zero-order chi connectivity index (χ0) is 14.2. The number of nitrogens with zero attached hydrogens (tertiary/aromatic N) is 1. The van der Waals surface area contributed by atoms with Gasteiger partial charge in [-0.25, -0.2) is 0 Å². The first-order chi connectivity index (χ1) is 8.80. The third kappa shape index (κ3) is 3.00. The van der Waals surface area contributed by atoms with E-state index >= 15 is 0 Å². The van der Waals surface area contributed by atoms with Gasteiger partial charge in [-0.15, -0.1) is 0 Å². The van der Waals surface area contributed by atoms with Gasteiger partial charge in [0, 0.05) is 29.0 Å². The van der Waals surface area contributed by atoms with E-state index in [1.807, 2.05) is 24.3 Å². The zero-order valence-electron chi connectivity index (χ0n) is 11.6. The monoisotopic (exact) mass is 325 g/mol. The molecule has 0 radical (unpaired) electrons. The van der Waals surface area contributed by atoms with Gasteiger partial charge in [0.15, 0.2) is 0 Å². The Kier molecular flexibility index (Phi) is 4.02. The van der Waals surface area contributed by atoms with Gasteiger partial charge in [-0.1, -0.05) is 34.1 Å². The minimum Gasteiger partial charge on any atom is -0.481 e. The number of hydrogen-bond acceptors (Lipinski definition) is 2. The summed E-state index contributed by atoms with van der Waals surface area (Å²) in [5, 5.41) is 9.48. The molecule has 1 aliphatic heterocycles. The summed E-state index contributed by atoms with van der Waals surface area (Å²) in [4.78, 5) is 13.8. The lowest BCUT2D eigenvalue weighted by atomic mass is 9.89. The predicted octanol–water partition coefficient (Wildman–Crippen LogP) is 3.35. The van der Waals surface area contributed by atoms with Crippen LogP contribution in [0.15, 0.2) is 28.7 Å². The average Bonchev–Trinajstić information content (AvgIpc) is 2.74. The first-order valence-electron chi connectivity index (χ1n) is 6.53. The molecule has 2 atom stereocenters. The summed E-state index contributed by atoms with van der Waals surface area (Å²) in [6.45, 7) is 7.81. The third-order valence-electron chi connectivity index (χ3n) is 3.89. The van der Waals surface area contributed by atoms with Crippen LogP contribution in [0, 0.1) is 5.92 Å². The molecule has 1 N–H and O–H groups in total. The zero-order valence-corrected chi connectivity index (χ0v) is 13.1. The SMILES string of the molecule is CC(C)(C)N1C[C@H](C(=O)O)[C@@H](c2ccccc2Br)C1. The molecule has 0 bridgehead atoms. The van der Waals surface area contributed by atoms with Crippen molar-refractivity contribution in [3.63, 3.8) is 0 Å². The second-order valence-electron chi connectivity index (χ2n) is 6.15. The van der Waals surface area contributed by atoms with Crippen molar-refractivity contribution in [1.29, 1.82) is 0 Å². The van der Waals surface area contributed by atoms with Crippen LogP contribution < -0.4 is 0 Å². The van der Waals surface area contributed by atoms with Crippen LogP contribution in [0.4, 0.5) is 0 Å². The maximum absolute atomic E-state index is 11.5. The highest BCUT2D eigenvalue weighted by atomic mass is 79.9. The molecule has 0 saturated carbocycles. The largest absolute Gasteiger partial charge is 0.481 e. The fourth-order valence-electron chi connectivity index (χ4n) is 2.69. The molecule has 0 amide bonds. The lowest BCUT2D eigenvalue weighted by molar-refractivity contribution is -0.141. The second-order valence-corrected chi connectivity index (χ2v) is 7.00. The second kappa shape index (κ2) is 5.25. The van der Waals surface area contributed by atoms with Gasteiger partial charge in [-0.2, -0.15) is 0 Å². The molecular formula is C15H20BrNO2. The Morgan fingerprint density at radius 3 is 2.47 bits per heavy atom. The molecule has 0 unspecified atom stereocenters. The lowest BCUT2D eigenvalue weighted by Crippen LogP contribution is -2.40. The van der Waals surface area contributed by atoms with Gasteiger partial charge in [0.1, 0.15) is 0 Å². The molecule has 1 aliphatic rings. The minimum atomic E-state index is -0.701. The first kappa shape index (κ1) is 14.5. The number of halogens is 1. The van der Waals surface area contributed by atoms with Crippen LogP contribution in [0.1, 0.15) is 32.3 Å². The number of carboxylic acids is 1. The lowest BCUT2D eigenvalue weighted by Gasteiger charge is -2.31. The first-order valence-corrected chi connectivity index (χ1v) is 7.32. The summed E-state index contributed by atoms with van der Waals surface area (Å²) in [6, 6.07) is 7.93. The van der Waals surface area contributed by atoms with Gasteiger partial charge in [-0.05, 0) is 32.4 Å². The van der Waals surface area contributed by atoms with E-state index in [-0.39, 0.29) is 17.4 Å². The van der Waals surface area contributed by atoms with Crippen molar-refractivity contribution in [3.05, 3.63) is 34.3 Å². The van der Waals surface area contributed by atoms with Crippen molar-refractivity contribution >= 4 is 21.9 Å². The number of rotatable bonds is 2. The summed E-state index contributed by atoms with van der Waals surface area (Å²) in [5.41, 5.74) is 1.10. The number of hydrogen-bond donors (Lipinski definition) is 1. The smallest absolute Gasteiger partial charge is 0.308 e. The highest BCUT2D eigenvalue weighted by Gasteiger charge is 2.42. The maximum atomic E-state index is 11.5. The Labute approximate surface area is 122 Å². The summed E-state index contributed by atoms with van der Waals surface area (Å²) >= 11 is 3.54. The number of aliphatic carboxylic acids is 1. The number of carbonyl (C=O) groups is 1. The van der Waals surface area contributed by atoms with E-state index in [4.69, 9.17) is 0 Å². The molecule has 1 heterocycles. The van der Waals surface area contributed by atoms with Crippen molar-refractivity contribution in [3.8, 4) is 0 Å². The number of benzene rings is 1. The van der Waals surface area contributed by atoms with Crippen LogP contribution in [-0.4, -0.2) is 34.6 Å². The summed E-state index contributed by atoms with van der Waals surface area (Å²) in [5.74, 6) is -0.988. The van der Waals surface area contributed by atoms with Crippen molar-refractivity contribution in [2.45, 2.75) is 32.2 Å². The highest BCUT2D eigenvalue weighted by molar-refractivity contribution is 9.10. The van der Waals surface area contributed by atoms with Gasteiger partial charge in [-0.3, -0.25) is 9.69 Å². The highest BCUT2D eigenvalue weighted by Crippen LogP contribution is 2.38. The Morgan fingerprint density at radius 2 is 1.95 bits per heavy atom. The van der Waals surface area contributed by atoms with Gasteiger partial charge in [0.2, 0.25) is 0 Å². The standard InChI is InChI=1S/C15H20BrNO2/c1-15(2,3)17-8-11(12(9-17)14(18)19)10-6-4-5-7-13(10)16/h4-7,11-12H,8-9H2,1-3H3,(H,18,19)/t11-,12+/m1/s1. The fourth-order valence-corrected chi connectivity index (χ4v) is 3.27. The van der Waals surface area contributed by atoms with Crippen molar-refractivity contribution in [2.75, 3.05) is 13.1 Å². The Morgan fingerprint density at radius 1 is 1.32 bits per heavy atom. The Bertz CT molecular complexity index is 481. The quantitative estimate of drug-likeness (QED) is 0.906. The molecular weight excluding hydrogens is 306 g/mol. The average molecular weight is 326 g/mol. The summed E-state index contributed by atoms with van der Waals surface area (Å²) < 4.78 is 1.00. The van der Waals surface area contributed by atoms with Crippen LogP contribution in [0.3, 0.4) is 0 Å². The molecule has 2 rings (SSSR count). The number of carboxylic acid groups (broad SMARTS) is 1. The van der Waals surface area contributed by atoms with Gasteiger partial charge < -0.3 is 5.11 Å². The normalized spacial score (nSPS) is 24.6. The van der Waals surface area contributed by atoms with Crippen molar-refractivity contribution < 1.29 is 9.90 Å². The molecule has 1 fully saturated rings. The van der Waals surface area contributed by atoms with Gasteiger partial charge in [0.05, 0.1) is 5.92 Å². The molecule has 19 heavy (non-hydrogen) atoms. The summed E-state index contributed by atoms with van der Waals surface area (Å²) in [7, 11) is 0.